The predicted molar refractivity (Wildman–Crippen MR) is 182 cm³/mol. The number of Topliss-reactive ketones (excluding diaryl/α,β-unsaturated/α-hetero) is 1. The summed E-state index contributed by atoms with van der Waals surface area (Å²) in [5.41, 5.74) is -1.05. The highest BCUT2D eigenvalue weighted by atomic mass is 16.7. The second kappa shape index (κ2) is 16.7. The van der Waals surface area contributed by atoms with Crippen LogP contribution in [0.2, 0.25) is 0 Å². The SMILES string of the molecule is CCCC1O[C@@H]2C[C@H]3[C@@H]4CCC5=CC(=O)C=C[C@]5(C)[C@H]4[C@@H](O)C[C@]3(C)[C@]2(C(=O)CO)O1.CCCCCCCCCCCCCC(=O)O. The first-order valence-corrected chi connectivity index (χ1v) is 18.8. The van der Waals surface area contributed by atoms with Crippen LogP contribution in [0, 0.1) is 28.6 Å². The first-order valence-electron chi connectivity index (χ1n) is 18.8. The Labute approximate surface area is 282 Å². The zero-order chi connectivity index (χ0) is 34.2. The van der Waals surface area contributed by atoms with Gasteiger partial charge < -0.3 is 24.8 Å². The third-order valence-electron chi connectivity index (χ3n) is 12.4. The van der Waals surface area contributed by atoms with Crippen LogP contribution in [-0.4, -0.2) is 63.6 Å². The van der Waals surface area contributed by atoms with E-state index in [4.69, 9.17) is 14.6 Å². The van der Waals surface area contributed by atoms with Crippen LogP contribution in [0.3, 0.4) is 0 Å². The van der Waals surface area contributed by atoms with E-state index in [0.717, 1.165) is 37.7 Å². The average molecular weight is 659 g/mol. The first kappa shape index (κ1) is 37.9. The van der Waals surface area contributed by atoms with Crippen molar-refractivity contribution < 1.29 is 39.2 Å². The average Bonchev–Trinajstić information content (AvgIpc) is 3.51. The number of fused-ring (bicyclic) bond motifs is 7. The lowest BCUT2D eigenvalue weighted by molar-refractivity contribution is -0.200. The zero-order valence-electron chi connectivity index (χ0n) is 29.5. The molecule has 266 valence electrons. The molecule has 8 nitrogen and oxygen atoms in total. The molecule has 1 heterocycles. The summed E-state index contributed by atoms with van der Waals surface area (Å²) in [6.45, 7) is 7.92. The molecular weight excluding hydrogens is 596 g/mol. The van der Waals surface area contributed by atoms with Crippen LogP contribution in [0.4, 0.5) is 0 Å². The first-order chi connectivity index (χ1) is 22.5. The van der Waals surface area contributed by atoms with Gasteiger partial charge in [0, 0.05) is 23.2 Å². The van der Waals surface area contributed by atoms with Crippen molar-refractivity contribution in [1.29, 1.82) is 0 Å². The number of unbranched alkanes of at least 4 members (excludes halogenated alkanes) is 10. The van der Waals surface area contributed by atoms with Gasteiger partial charge >= 0.3 is 5.97 Å². The number of aliphatic hydroxyl groups is 2. The van der Waals surface area contributed by atoms with E-state index < -0.39 is 42.1 Å². The van der Waals surface area contributed by atoms with Gasteiger partial charge in [0.2, 0.25) is 0 Å². The smallest absolute Gasteiger partial charge is 0.303 e. The molecule has 8 heteroatoms. The van der Waals surface area contributed by atoms with E-state index in [1.54, 1.807) is 12.2 Å². The van der Waals surface area contributed by atoms with Crippen molar-refractivity contribution in [3.8, 4) is 0 Å². The molecule has 1 unspecified atom stereocenters. The highest BCUT2D eigenvalue weighted by molar-refractivity contribution is 6.01. The van der Waals surface area contributed by atoms with Crippen LogP contribution < -0.4 is 0 Å². The molecule has 0 bridgehead atoms. The van der Waals surface area contributed by atoms with Crippen molar-refractivity contribution in [2.75, 3.05) is 6.61 Å². The van der Waals surface area contributed by atoms with Crippen molar-refractivity contribution in [2.45, 2.75) is 167 Å². The lowest BCUT2D eigenvalue weighted by Crippen LogP contribution is -2.63. The van der Waals surface area contributed by atoms with Crippen LogP contribution in [0.1, 0.15) is 143 Å². The monoisotopic (exact) mass is 658 g/mol. The molecule has 9 atom stereocenters. The normalized spacial score (nSPS) is 36.8. The Hall–Kier alpha value is -1.87. The third kappa shape index (κ3) is 7.81. The maximum Gasteiger partial charge on any atom is 0.303 e. The molecule has 3 saturated carbocycles. The van der Waals surface area contributed by atoms with E-state index in [1.165, 1.54) is 57.8 Å². The number of allylic oxidation sites excluding steroid dienone is 4. The Morgan fingerprint density at radius 3 is 2.19 bits per heavy atom. The minimum Gasteiger partial charge on any atom is -0.481 e. The number of hydrogen-bond acceptors (Lipinski definition) is 7. The summed E-state index contributed by atoms with van der Waals surface area (Å²) < 4.78 is 12.7. The van der Waals surface area contributed by atoms with Gasteiger partial charge in [-0.2, -0.15) is 0 Å². The van der Waals surface area contributed by atoms with Crippen LogP contribution in [0.25, 0.3) is 0 Å². The van der Waals surface area contributed by atoms with Crippen molar-refractivity contribution in [2.24, 2.45) is 28.6 Å². The van der Waals surface area contributed by atoms with Crippen LogP contribution in [0.5, 0.6) is 0 Å². The Kier molecular flexibility index (Phi) is 13.5. The summed E-state index contributed by atoms with van der Waals surface area (Å²) in [6.07, 6.45) is 22.7. The molecule has 5 rings (SSSR count). The fraction of sp³-hybridized carbons (Fsp3) is 0.821. The van der Waals surface area contributed by atoms with E-state index in [1.807, 2.05) is 6.08 Å². The Balaban J connectivity index is 0.000000267. The summed E-state index contributed by atoms with van der Waals surface area (Å²) in [4.78, 5) is 35.5. The number of ether oxygens (including phenoxy) is 2. The summed E-state index contributed by atoms with van der Waals surface area (Å²) in [5.74, 6) is -0.629. The van der Waals surface area contributed by atoms with Gasteiger partial charge in [0.05, 0.1) is 12.2 Å². The number of aliphatic carboxylic acids is 1. The van der Waals surface area contributed by atoms with E-state index in [-0.39, 0.29) is 34.7 Å². The number of aliphatic hydroxyl groups excluding tert-OH is 2. The molecule has 4 fully saturated rings. The summed E-state index contributed by atoms with van der Waals surface area (Å²) in [7, 11) is 0. The third-order valence-corrected chi connectivity index (χ3v) is 12.4. The van der Waals surface area contributed by atoms with Gasteiger partial charge in [0.1, 0.15) is 6.61 Å². The van der Waals surface area contributed by atoms with Crippen molar-refractivity contribution in [3.05, 3.63) is 23.8 Å². The van der Waals surface area contributed by atoms with Crippen molar-refractivity contribution in [1.82, 2.24) is 0 Å². The molecule has 1 saturated heterocycles. The van der Waals surface area contributed by atoms with Gasteiger partial charge in [0.15, 0.2) is 23.5 Å². The van der Waals surface area contributed by atoms with Crippen LogP contribution in [-0.2, 0) is 23.9 Å². The number of rotatable bonds is 16. The molecule has 0 aromatic rings. The van der Waals surface area contributed by atoms with Crippen molar-refractivity contribution >= 4 is 17.5 Å². The van der Waals surface area contributed by atoms with Crippen LogP contribution >= 0.6 is 0 Å². The molecule has 0 amide bonds. The number of carboxylic acid groups (broad SMARTS) is 1. The topological polar surface area (TPSA) is 130 Å². The molecule has 5 aliphatic rings. The number of hydrogen-bond donors (Lipinski definition) is 3. The summed E-state index contributed by atoms with van der Waals surface area (Å²) in [5, 5.41) is 29.9. The van der Waals surface area contributed by atoms with Gasteiger partial charge in [-0.3, -0.25) is 14.4 Å². The molecule has 47 heavy (non-hydrogen) atoms. The maximum absolute atomic E-state index is 13.2. The molecular formula is C39H62O8. The van der Waals surface area contributed by atoms with Crippen molar-refractivity contribution in [3.63, 3.8) is 0 Å². The van der Waals surface area contributed by atoms with E-state index in [9.17, 15) is 24.6 Å². The summed E-state index contributed by atoms with van der Waals surface area (Å²) >= 11 is 0. The number of carbonyl (C=O) groups excluding carboxylic acids is 2. The number of carbonyl (C=O) groups is 3. The summed E-state index contributed by atoms with van der Waals surface area (Å²) in [6, 6.07) is 0. The lowest BCUT2D eigenvalue weighted by Gasteiger charge is -2.59. The number of carboxylic acids is 1. The molecule has 0 spiro atoms. The van der Waals surface area contributed by atoms with E-state index in [2.05, 4.69) is 27.7 Å². The largest absolute Gasteiger partial charge is 0.481 e. The van der Waals surface area contributed by atoms with Gasteiger partial charge in [-0.1, -0.05) is 110 Å². The Morgan fingerprint density at radius 2 is 1.60 bits per heavy atom. The minimum atomic E-state index is -1.20. The van der Waals surface area contributed by atoms with E-state index in [0.29, 0.717) is 25.7 Å². The molecule has 0 aromatic heterocycles. The standard InChI is InChI=1S/C25H34O6.C14H28O2/c1-4-5-21-30-20-11-17-16-7-6-14-10-15(27)8-9-23(14,2)22(16)18(28)12-24(17,3)25(20,31-21)19(29)13-26;1-2-3-4-5-6-7-8-9-10-11-12-13-14(15)16/h8-10,16-18,20-22,26,28H,4-7,11-13H2,1-3H3;2-13H2,1H3,(H,15,16)/t16-,17-,18-,20+,21?,22+,23-,24-,25+;/m0./s1. The molecule has 0 aromatic carbocycles. The highest BCUT2D eigenvalue weighted by Gasteiger charge is 2.75. The van der Waals surface area contributed by atoms with Gasteiger partial charge in [-0.15, -0.1) is 0 Å². The fourth-order valence-corrected chi connectivity index (χ4v) is 10.1. The minimum absolute atomic E-state index is 0.0125. The Bertz CT molecular complexity index is 1150. The lowest BCUT2D eigenvalue weighted by atomic mass is 9.46. The number of ketones is 2. The van der Waals surface area contributed by atoms with Crippen LogP contribution in [0.15, 0.2) is 23.8 Å². The maximum atomic E-state index is 13.2. The molecule has 4 aliphatic carbocycles. The highest BCUT2D eigenvalue weighted by Crippen LogP contribution is 2.69. The zero-order valence-corrected chi connectivity index (χ0v) is 29.5. The van der Waals surface area contributed by atoms with Gasteiger partial charge in [-0.05, 0) is 62.5 Å². The van der Waals surface area contributed by atoms with Gasteiger partial charge in [0.25, 0.3) is 0 Å². The second-order valence-corrected chi connectivity index (χ2v) is 15.4. The van der Waals surface area contributed by atoms with Gasteiger partial charge in [-0.25, -0.2) is 0 Å². The Morgan fingerprint density at radius 1 is 0.957 bits per heavy atom. The quantitative estimate of drug-likeness (QED) is 0.146. The second-order valence-electron chi connectivity index (χ2n) is 15.4. The fourth-order valence-electron chi connectivity index (χ4n) is 10.1. The molecule has 0 radical (unpaired) electrons. The predicted octanol–water partition coefficient (Wildman–Crippen LogP) is 7.49. The molecule has 1 aliphatic heterocycles. The molecule has 3 N–H and O–H groups in total. The van der Waals surface area contributed by atoms with E-state index >= 15 is 0 Å².